The van der Waals surface area contributed by atoms with Crippen LogP contribution in [0.5, 0.6) is 0 Å². The number of nitrogens with zero attached hydrogens (tertiary/aromatic N) is 3. The molecule has 0 bridgehead atoms. The molecule has 1 aliphatic heterocycles. The van der Waals surface area contributed by atoms with Gasteiger partial charge < -0.3 is 9.80 Å². The number of carbonyl (C=O) groups is 2. The predicted octanol–water partition coefficient (Wildman–Crippen LogP) is 3.16. The van der Waals surface area contributed by atoms with E-state index < -0.39 is 0 Å². The third kappa shape index (κ3) is 6.06. The van der Waals surface area contributed by atoms with E-state index in [-0.39, 0.29) is 5.91 Å². The normalized spacial score (nSPS) is 27.5. The standard InChI is InChI=1S/C22H39N3O2/c1-6-8-10-24(5)22(27)12-17-11-18-14-21(26)19(16-23(3)4)13-20(18)25(15-17)9-7-2/h16-18,20H,6-15H2,1-5H3/t17-,18-,20-/m1/s1. The summed E-state index contributed by atoms with van der Waals surface area (Å²) in [6.45, 7) is 7.27. The summed E-state index contributed by atoms with van der Waals surface area (Å²) in [5, 5.41) is 0. The van der Waals surface area contributed by atoms with Gasteiger partial charge in [0, 0.05) is 64.9 Å². The van der Waals surface area contributed by atoms with E-state index in [1.54, 1.807) is 0 Å². The summed E-state index contributed by atoms with van der Waals surface area (Å²) in [6, 6.07) is 0.457. The summed E-state index contributed by atoms with van der Waals surface area (Å²) in [7, 11) is 5.89. The molecule has 1 saturated heterocycles. The molecule has 3 atom stereocenters. The summed E-state index contributed by atoms with van der Waals surface area (Å²) < 4.78 is 0. The molecule has 2 fully saturated rings. The van der Waals surface area contributed by atoms with Crippen LogP contribution in [-0.4, -0.2) is 73.2 Å². The maximum atomic E-state index is 12.6. The summed E-state index contributed by atoms with van der Waals surface area (Å²) in [4.78, 5) is 31.7. The van der Waals surface area contributed by atoms with E-state index in [0.717, 1.165) is 57.3 Å². The highest BCUT2D eigenvalue weighted by Gasteiger charge is 2.41. The van der Waals surface area contributed by atoms with Gasteiger partial charge in [-0.05, 0) is 44.1 Å². The number of rotatable bonds is 8. The molecule has 0 aromatic carbocycles. The molecule has 154 valence electrons. The smallest absolute Gasteiger partial charge is 0.222 e. The zero-order valence-electron chi connectivity index (χ0n) is 18.0. The molecule has 5 heteroatoms. The van der Waals surface area contributed by atoms with Crippen molar-refractivity contribution in [2.45, 2.75) is 64.8 Å². The van der Waals surface area contributed by atoms with Gasteiger partial charge in [0.15, 0.2) is 5.78 Å². The highest BCUT2D eigenvalue weighted by Crippen LogP contribution is 2.39. The van der Waals surface area contributed by atoms with Crippen molar-refractivity contribution in [1.29, 1.82) is 0 Å². The van der Waals surface area contributed by atoms with Gasteiger partial charge in [0.05, 0.1) is 0 Å². The van der Waals surface area contributed by atoms with Crippen molar-refractivity contribution in [1.82, 2.24) is 14.7 Å². The lowest BCUT2D eigenvalue weighted by molar-refractivity contribution is -0.132. The second-order valence-electron chi connectivity index (χ2n) is 8.75. The van der Waals surface area contributed by atoms with E-state index in [1.165, 1.54) is 0 Å². The molecule has 0 unspecified atom stereocenters. The Morgan fingerprint density at radius 3 is 2.56 bits per heavy atom. The third-order valence-corrected chi connectivity index (χ3v) is 6.04. The molecule has 27 heavy (non-hydrogen) atoms. The molecule has 5 nitrogen and oxygen atoms in total. The van der Waals surface area contributed by atoms with E-state index in [2.05, 4.69) is 18.7 Å². The number of piperidine rings is 1. The van der Waals surface area contributed by atoms with Crippen LogP contribution in [0.15, 0.2) is 11.8 Å². The maximum Gasteiger partial charge on any atom is 0.222 e. The second kappa shape index (κ2) is 10.3. The van der Waals surface area contributed by atoms with Crippen LogP contribution in [0, 0.1) is 11.8 Å². The SMILES string of the molecule is CCCCN(C)C(=O)C[C@H]1C[C@@H]2CC(=O)C(=CN(C)C)C[C@H]2N(CCC)C1. The highest BCUT2D eigenvalue weighted by atomic mass is 16.2. The lowest BCUT2D eigenvalue weighted by Crippen LogP contribution is -2.52. The first kappa shape index (κ1) is 21.9. The first-order valence-electron chi connectivity index (χ1n) is 10.7. The fourth-order valence-electron chi connectivity index (χ4n) is 4.70. The van der Waals surface area contributed by atoms with Crippen LogP contribution in [0.3, 0.4) is 0 Å². The van der Waals surface area contributed by atoms with Gasteiger partial charge in [0.2, 0.25) is 5.91 Å². The van der Waals surface area contributed by atoms with E-state index >= 15 is 0 Å². The largest absolute Gasteiger partial charge is 0.383 e. The maximum absolute atomic E-state index is 12.6. The van der Waals surface area contributed by atoms with Crippen LogP contribution in [-0.2, 0) is 9.59 Å². The molecule has 2 rings (SSSR count). The number of hydrogen-bond acceptors (Lipinski definition) is 4. The average Bonchev–Trinajstić information content (AvgIpc) is 2.60. The number of ketones is 1. The zero-order valence-corrected chi connectivity index (χ0v) is 18.0. The van der Waals surface area contributed by atoms with Gasteiger partial charge in [-0.2, -0.15) is 0 Å². The van der Waals surface area contributed by atoms with E-state index in [4.69, 9.17) is 0 Å². The lowest BCUT2D eigenvalue weighted by Gasteiger charge is -2.47. The van der Waals surface area contributed by atoms with Gasteiger partial charge >= 0.3 is 0 Å². The quantitative estimate of drug-likeness (QED) is 0.610. The number of unbranched alkanes of at least 4 members (excludes halogenated alkanes) is 1. The molecule has 1 heterocycles. The van der Waals surface area contributed by atoms with Crippen LogP contribution < -0.4 is 0 Å². The molecule has 2 aliphatic rings. The summed E-state index contributed by atoms with van der Waals surface area (Å²) in [6.07, 6.45) is 8.42. The Morgan fingerprint density at radius 2 is 1.93 bits per heavy atom. The molecule has 1 aliphatic carbocycles. The van der Waals surface area contributed by atoms with E-state index in [1.807, 2.05) is 37.1 Å². The van der Waals surface area contributed by atoms with Crippen molar-refractivity contribution in [3.8, 4) is 0 Å². The molecule has 0 aromatic heterocycles. The summed E-state index contributed by atoms with van der Waals surface area (Å²) in [5.74, 6) is 1.34. The molecule has 1 saturated carbocycles. The van der Waals surface area contributed by atoms with Crippen LogP contribution >= 0.6 is 0 Å². The fourth-order valence-corrected chi connectivity index (χ4v) is 4.70. The molecule has 1 amide bonds. The molecule has 0 aromatic rings. The Hall–Kier alpha value is -1.36. The molecule has 0 radical (unpaired) electrons. The van der Waals surface area contributed by atoms with Crippen molar-refractivity contribution in [3.63, 3.8) is 0 Å². The van der Waals surface area contributed by atoms with Gasteiger partial charge in [0.1, 0.15) is 0 Å². The van der Waals surface area contributed by atoms with Gasteiger partial charge in [-0.15, -0.1) is 0 Å². The zero-order chi connectivity index (χ0) is 20.0. The van der Waals surface area contributed by atoms with Crippen LogP contribution in [0.1, 0.15) is 58.8 Å². The van der Waals surface area contributed by atoms with Crippen molar-refractivity contribution >= 4 is 11.7 Å². The minimum absolute atomic E-state index is 0.263. The van der Waals surface area contributed by atoms with Crippen molar-refractivity contribution in [3.05, 3.63) is 11.8 Å². The summed E-state index contributed by atoms with van der Waals surface area (Å²) in [5.41, 5.74) is 0.969. The molecule has 0 N–H and O–H groups in total. The monoisotopic (exact) mass is 377 g/mol. The molecular formula is C22H39N3O2. The van der Waals surface area contributed by atoms with E-state index in [0.29, 0.717) is 36.5 Å². The number of fused-ring (bicyclic) bond motifs is 1. The van der Waals surface area contributed by atoms with Crippen LogP contribution in [0.2, 0.25) is 0 Å². The predicted molar refractivity (Wildman–Crippen MR) is 110 cm³/mol. The van der Waals surface area contributed by atoms with Crippen molar-refractivity contribution in [2.75, 3.05) is 40.8 Å². The number of amides is 1. The Balaban J connectivity index is 2.04. The Kier molecular flexibility index (Phi) is 8.33. The van der Waals surface area contributed by atoms with Gasteiger partial charge in [-0.3, -0.25) is 14.5 Å². The third-order valence-electron chi connectivity index (χ3n) is 6.04. The Bertz CT molecular complexity index is 544. The number of likely N-dealkylation sites (tertiary alicyclic amines) is 1. The number of carbonyl (C=O) groups excluding carboxylic acids is 2. The number of Topliss-reactive ketones (excluding diaryl/α,β-unsaturated/α-hetero) is 1. The van der Waals surface area contributed by atoms with Crippen LogP contribution in [0.4, 0.5) is 0 Å². The first-order valence-corrected chi connectivity index (χ1v) is 10.7. The van der Waals surface area contributed by atoms with E-state index in [9.17, 15) is 9.59 Å². The van der Waals surface area contributed by atoms with Crippen molar-refractivity contribution in [2.24, 2.45) is 11.8 Å². The molecule has 0 spiro atoms. The molecular weight excluding hydrogens is 338 g/mol. The lowest BCUT2D eigenvalue weighted by atomic mass is 9.72. The second-order valence-corrected chi connectivity index (χ2v) is 8.75. The van der Waals surface area contributed by atoms with Crippen molar-refractivity contribution < 1.29 is 9.59 Å². The highest BCUT2D eigenvalue weighted by molar-refractivity contribution is 5.96. The minimum atomic E-state index is 0.263. The van der Waals surface area contributed by atoms with Gasteiger partial charge in [0.25, 0.3) is 0 Å². The van der Waals surface area contributed by atoms with Gasteiger partial charge in [-0.1, -0.05) is 20.3 Å². The Labute approximate surface area is 165 Å². The topological polar surface area (TPSA) is 43.9 Å². The van der Waals surface area contributed by atoms with Gasteiger partial charge in [-0.25, -0.2) is 0 Å². The average molecular weight is 378 g/mol. The summed E-state index contributed by atoms with van der Waals surface area (Å²) >= 11 is 0. The van der Waals surface area contributed by atoms with Crippen LogP contribution in [0.25, 0.3) is 0 Å². The fraction of sp³-hybridized carbons (Fsp3) is 0.818. The first-order chi connectivity index (χ1) is 12.8. The minimum Gasteiger partial charge on any atom is -0.383 e. The number of hydrogen-bond donors (Lipinski definition) is 0. The Morgan fingerprint density at radius 1 is 1.19 bits per heavy atom.